The molecule has 0 N–H and O–H groups in total. The van der Waals surface area contributed by atoms with Crippen LogP contribution in [0.2, 0.25) is 0 Å². The fourth-order valence-corrected chi connectivity index (χ4v) is 1.57. The highest BCUT2D eigenvalue weighted by Crippen LogP contribution is 2.21. The molecule has 0 aromatic heterocycles. The standard InChI is InChI=1S/C14H14O4/c1-14(2)11(15)8-9-12(18-14)17-13(16)10-6-4-3-5-7-10/h3-9,12H,1-2H3. The van der Waals surface area contributed by atoms with E-state index in [1.54, 1.807) is 38.1 Å². The van der Waals surface area contributed by atoms with Gasteiger partial charge in [-0.15, -0.1) is 0 Å². The lowest BCUT2D eigenvalue weighted by molar-refractivity contribution is -0.170. The summed E-state index contributed by atoms with van der Waals surface area (Å²) in [5.74, 6) is -0.620. The van der Waals surface area contributed by atoms with E-state index in [4.69, 9.17) is 9.47 Å². The number of esters is 1. The van der Waals surface area contributed by atoms with Crippen LogP contribution >= 0.6 is 0 Å². The maximum absolute atomic E-state index is 11.8. The molecule has 1 aromatic rings. The molecule has 94 valence electrons. The molecule has 0 spiro atoms. The van der Waals surface area contributed by atoms with Crippen LogP contribution in [0.25, 0.3) is 0 Å². The van der Waals surface area contributed by atoms with Gasteiger partial charge in [-0.05, 0) is 38.1 Å². The average molecular weight is 246 g/mol. The van der Waals surface area contributed by atoms with E-state index < -0.39 is 17.9 Å². The van der Waals surface area contributed by atoms with Crippen LogP contribution in [-0.4, -0.2) is 23.6 Å². The molecule has 18 heavy (non-hydrogen) atoms. The number of ketones is 1. The van der Waals surface area contributed by atoms with Gasteiger partial charge in [0.2, 0.25) is 6.29 Å². The summed E-state index contributed by atoms with van der Waals surface area (Å²) in [4.78, 5) is 23.2. The number of ether oxygens (including phenoxy) is 2. The molecule has 1 aliphatic heterocycles. The fraction of sp³-hybridized carbons (Fsp3) is 0.286. The molecule has 0 radical (unpaired) electrons. The van der Waals surface area contributed by atoms with Gasteiger partial charge in [-0.25, -0.2) is 4.79 Å². The molecule has 0 bridgehead atoms. The van der Waals surface area contributed by atoms with E-state index in [-0.39, 0.29) is 5.78 Å². The number of carbonyl (C=O) groups is 2. The SMILES string of the molecule is CC1(C)OC(OC(=O)c2ccccc2)C=CC1=O. The molecule has 1 aliphatic rings. The van der Waals surface area contributed by atoms with Gasteiger partial charge in [-0.2, -0.15) is 0 Å². The van der Waals surface area contributed by atoms with Crippen LogP contribution in [0.4, 0.5) is 0 Å². The molecule has 4 heteroatoms. The summed E-state index contributed by atoms with van der Waals surface area (Å²) < 4.78 is 10.6. The Bertz CT molecular complexity index is 488. The monoisotopic (exact) mass is 246 g/mol. The Labute approximate surface area is 105 Å². The quantitative estimate of drug-likeness (QED) is 0.750. The van der Waals surface area contributed by atoms with Crippen molar-refractivity contribution in [3.8, 4) is 0 Å². The first-order valence-electron chi connectivity index (χ1n) is 5.65. The van der Waals surface area contributed by atoms with E-state index in [9.17, 15) is 9.59 Å². The Kier molecular flexibility index (Phi) is 3.30. The van der Waals surface area contributed by atoms with Crippen molar-refractivity contribution in [2.75, 3.05) is 0 Å². The number of hydrogen-bond donors (Lipinski definition) is 0. The minimum atomic E-state index is -0.962. The van der Waals surface area contributed by atoms with Crippen molar-refractivity contribution in [1.82, 2.24) is 0 Å². The van der Waals surface area contributed by atoms with Crippen LogP contribution in [0.15, 0.2) is 42.5 Å². The van der Waals surface area contributed by atoms with E-state index in [0.29, 0.717) is 5.56 Å². The second-order valence-electron chi connectivity index (χ2n) is 4.49. The van der Waals surface area contributed by atoms with Crippen LogP contribution in [0, 0.1) is 0 Å². The first-order chi connectivity index (χ1) is 8.49. The molecule has 0 aliphatic carbocycles. The van der Waals surface area contributed by atoms with Crippen LogP contribution in [0.3, 0.4) is 0 Å². The first kappa shape index (κ1) is 12.5. The van der Waals surface area contributed by atoms with E-state index in [1.165, 1.54) is 12.2 Å². The summed E-state index contributed by atoms with van der Waals surface area (Å²) in [6.45, 7) is 3.28. The maximum Gasteiger partial charge on any atom is 0.340 e. The van der Waals surface area contributed by atoms with Gasteiger partial charge >= 0.3 is 5.97 Å². The molecule has 4 nitrogen and oxygen atoms in total. The summed E-state index contributed by atoms with van der Waals surface area (Å²) in [6, 6.07) is 8.63. The minimum Gasteiger partial charge on any atom is -0.428 e. The molecule has 0 saturated heterocycles. The zero-order valence-electron chi connectivity index (χ0n) is 10.3. The Balaban J connectivity index is 2.06. The van der Waals surface area contributed by atoms with E-state index in [0.717, 1.165) is 0 Å². The van der Waals surface area contributed by atoms with Crippen molar-refractivity contribution in [1.29, 1.82) is 0 Å². The molecule has 0 amide bonds. The number of benzene rings is 1. The third-order valence-electron chi connectivity index (χ3n) is 2.64. The van der Waals surface area contributed by atoms with Gasteiger partial charge < -0.3 is 9.47 Å². The largest absolute Gasteiger partial charge is 0.428 e. The van der Waals surface area contributed by atoms with Crippen molar-refractivity contribution in [2.45, 2.75) is 25.7 Å². The summed E-state index contributed by atoms with van der Waals surface area (Å²) in [5.41, 5.74) is -0.514. The Morgan fingerprint density at radius 3 is 2.56 bits per heavy atom. The molecule has 0 saturated carbocycles. The third-order valence-corrected chi connectivity index (χ3v) is 2.64. The zero-order valence-corrected chi connectivity index (χ0v) is 10.3. The highest BCUT2D eigenvalue weighted by atomic mass is 16.7. The van der Waals surface area contributed by atoms with Gasteiger partial charge in [0, 0.05) is 0 Å². The second kappa shape index (κ2) is 4.74. The molecule has 1 heterocycles. The fourth-order valence-electron chi connectivity index (χ4n) is 1.57. The summed E-state index contributed by atoms with van der Waals surface area (Å²) >= 11 is 0. The third kappa shape index (κ3) is 2.65. The Hall–Kier alpha value is -1.94. The summed E-state index contributed by atoms with van der Waals surface area (Å²) in [5, 5.41) is 0. The lowest BCUT2D eigenvalue weighted by Crippen LogP contribution is -2.42. The van der Waals surface area contributed by atoms with Crippen LogP contribution in [0.1, 0.15) is 24.2 Å². The number of carbonyl (C=O) groups excluding carboxylic acids is 2. The summed E-state index contributed by atoms with van der Waals surface area (Å²) in [6.07, 6.45) is 1.99. The van der Waals surface area contributed by atoms with Crippen LogP contribution < -0.4 is 0 Å². The van der Waals surface area contributed by atoms with E-state index in [1.807, 2.05) is 6.07 Å². The molecule has 2 rings (SSSR count). The van der Waals surface area contributed by atoms with Gasteiger partial charge in [-0.3, -0.25) is 4.79 Å². The van der Waals surface area contributed by atoms with E-state index in [2.05, 4.69) is 0 Å². The first-order valence-corrected chi connectivity index (χ1v) is 5.65. The highest BCUT2D eigenvalue weighted by Gasteiger charge is 2.34. The Morgan fingerprint density at radius 1 is 1.28 bits per heavy atom. The summed E-state index contributed by atoms with van der Waals surface area (Å²) in [7, 11) is 0. The van der Waals surface area contributed by atoms with Gasteiger partial charge in [0.1, 0.15) is 5.60 Å². The maximum atomic E-state index is 11.8. The topological polar surface area (TPSA) is 52.6 Å². The van der Waals surface area contributed by atoms with Crippen molar-refractivity contribution in [3.05, 3.63) is 48.0 Å². The van der Waals surface area contributed by atoms with Gasteiger partial charge in [0.15, 0.2) is 5.78 Å². The van der Waals surface area contributed by atoms with Gasteiger partial charge in [0.25, 0.3) is 0 Å². The van der Waals surface area contributed by atoms with Gasteiger partial charge in [-0.1, -0.05) is 18.2 Å². The number of hydrogen-bond acceptors (Lipinski definition) is 4. The second-order valence-corrected chi connectivity index (χ2v) is 4.49. The van der Waals surface area contributed by atoms with Crippen LogP contribution in [0.5, 0.6) is 0 Å². The minimum absolute atomic E-state index is 0.144. The smallest absolute Gasteiger partial charge is 0.340 e. The predicted octanol–water partition coefficient (Wildman–Crippen LogP) is 2.10. The zero-order chi connectivity index (χ0) is 13.2. The molecular formula is C14H14O4. The Morgan fingerprint density at radius 2 is 1.94 bits per heavy atom. The normalized spacial score (nSPS) is 21.7. The lowest BCUT2D eigenvalue weighted by atomic mass is 10.0. The van der Waals surface area contributed by atoms with Crippen molar-refractivity contribution in [2.24, 2.45) is 0 Å². The molecule has 1 atom stereocenters. The lowest BCUT2D eigenvalue weighted by Gasteiger charge is -2.30. The molecule has 0 fully saturated rings. The molecule has 1 aromatic carbocycles. The van der Waals surface area contributed by atoms with Crippen molar-refractivity contribution >= 4 is 11.8 Å². The highest BCUT2D eigenvalue weighted by molar-refractivity contribution is 5.97. The van der Waals surface area contributed by atoms with Crippen molar-refractivity contribution < 1.29 is 19.1 Å². The van der Waals surface area contributed by atoms with Gasteiger partial charge in [0.05, 0.1) is 5.56 Å². The number of rotatable bonds is 2. The molecular weight excluding hydrogens is 232 g/mol. The molecule has 1 unspecified atom stereocenters. The average Bonchev–Trinajstić information content (AvgIpc) is 2.34. The predicted molar refractivity (Wildman–Crippen MR) is 65.0 cm³/mol. The van der Waals surface area contributed by atoms with E-state index >= 15 is 0 Å². The van der Waals surface area contributed by atoms with Crippen molar-refractivity contribution in [3.63, 3.8) is 0 Å². The van der Waals surface area contributed by atoms with Crippen LogP contribution in [-0.2, 0) is 14.3 Å².